The van der Waals surface area contributed by atoms with Crippen molar-refractivity contribution < 1.29 is 4.79 Å². The Morgan fingerprint density at radius 3 is 2.81 bits per heavy atom. The second kappa shape index (κ2) is 6.44. The van der Waals surface area contributed by atoms with Gasteiger partial charge in [-0.05, 0) is 37.6 Å². The minimum Gasteiger partial charge on any atom is -0.350 e. The first-order valence-electron chi connectivity index (χ1n) is 8.12. The Balaban J connectivity index is 1.48. The summed E-state index contributed by atoms with van der Waals surface area (Å²) in [6, 6.07) is 0. The maximum atomic E-state index is 12.2. The average Bonchev–Trinajstić information content (AvgIpc) is 3.25. The largest absolute Gasteiger partial charge is 0.350 e. The van der Waals surface area contributed by atoms with E-state index in [0.29, 0.717) is 25.4 Å². The van der Waals surface area contributed by atoms with Gasteiger partial charge < -0.3 is 11.1 Å². The van der Waals surface area contributed by atoms with Gasteiger partial charge in [-0.15, -0.1) is 11.3 Å². The summed E-state index contributed by atoms with van der Waals surface area (Å²) in [6.45, 7) is 1.19. The van der Waals surface area contributed by atoms with Crippen molar-refractivity contribution in [1.29, 1.82) is 0 Å². The molecule has 0 aliphatic heterocycles. The molecule has 2 fully saturated rings. The smallest absolute Gasteiger partial charge is 0.220 e. The molecule has 0 unspecified atom stereocenters. The first kappa shape index (κ1) is 15.0. The molecule has 1 heterocycles. The third-order valence-corrected chi connectivity index (χ3v) is 5.75. The van der Waals surface area contributed by atoms with E-state index in [1.54, 1.807) is 11.3 Å². The summed E-state index contributed by atoms with van der Waals surface area (Å²) >= 11 is 1.66. The fourth-order valence-corrected chi connectivity index (χ4v) is 4.12. The van der Waals surface area contributed by atoms with Gasteiger partial charge in [0.1, 0.15) is 5.01 Å². The van der Waals surface area contributed by atoms with Crippen molar-refractivity contribution in [1.82, 2.24) is 10.3 Å². The number of nitrogens with zero attached hydrogens (tertiary/aromatic N) is 1. The van der Waals surface area contributed by atoms with E-state index < -0.39 is 0 Å². The molecule has 21 heavy (non-hydrogen) atoms. The first-order chi connectivity index (χ1) is 10.2. The van der Waals surface area contributed by atoms with Gasteiger partial charge in [-0.2, -0.15) is 0 Å². The molecule has 0 bridgehead atoms. The van der Waals surface area contributed by atoms with Crippen LogP contribution in [0.25, 0.3) is 0 Å². The number of hydrogen-bond donors (Lipinski definition) is 2. The Hall–Kier alpha value is -0.940. The summed E-state index contributed by atoms with van der Waals surface area (Å²) < 4.78 is 0. The van der Waals surface area contributed by atoms with Crippen LogP contribution in [0, 0.1) is 5.41 Å². The fraction of sp³-hybridized carbons (Fsp3) is 0.750. The highest BCUT2D eigenvalue weighted by molar-refractivity contribution is 7.09. The minimum absolute atomic E-state index is 0.0460. The van der Waals surface area contributed by atoms with Crippen LogP contribution in [0.3, 0.4) is 0 Å². The van der Waals surface area contributed by atoms with E-state index in [4.69, 9.17) is 5.73 Å². The lowest BCUT2D eigenvalue weighted by atomic mass is 9.72. The molecule has 0 spiro atoms. The van der Waals surface area contributed by atoms with Crippen LogP contribution in [-0.2, 0) is 11.3 Å². The lowest BCUT2D eigenvalue weighted by molar-refractivity contribution is -0.124. The molecule has 4 nitrogen and oxygen atoms in total. The zero-order valence-corrected chi connectivity index (χ0v) is 13.4. The van der Waals surface area contributed by atoms with Gasteiger partial charge >= 0.3 is 0 Å². The Morgan fingerprint density at radius 1 is 1.38 bits per heavy atom. The molecule has 2 aliphatic carbocycles. The number of rotatable bonds is 6. The third kappa shape index (κ3) is 3.83. The second-order valence-corrected chi connectivity index (χ2v) is 7.60. The monoisotopic (exact) mass is 307 g/mol. The van der Waals surface area contributed by atoms with Crippen LogP contribution in [0.2, 0.25) is 0 Å². The number of hydrogen-bond acceptors (Lipinski definition) is 4. The molecular formula is C16H25N3OS. The van der Waals surface area contributed by atoms with Crippen LogP contribution in [-0.4, -0.2) is 17.4 Å². The highest BCUT2D eigenvalue weighted by Crippen LogP contribution is 2.40. The Labute approximate surface area is 130 Å². The molecule has 2 saturated carbocycles. The van der Waals surface area contributed by atoms with Crippen molar-refractivity contribution in [2.45, 2.75) is 63.8 Å². The van der Waals surface area contributed by atoms with Gasteiger partial charge in [0.2, 0.25) is 5.91 Å². The van der Waals surface area contributed by atoms with Gasteiger partial charge in [0, 0.05) is 17.7 Å². The predicted molar refractivity (Wildman–Crippen MR) is 85.1 cm³/mol. The molecule has 1 aromatic rings. The summed E-state index contributed by atoms with van der Waals surface area (Å²) in [4.78, 5) is 16.8. The molecule has 3 rings (SSSR count). The molecule has 0 radical (unpaired) electrons. The summed E-state index contributed by atoms with van der Waals surface area (Å²) in [5.74, 6) is 0.818. The van der Waals surface area contributed by atoms with Crippen LogP contribution in [0.5, 0.6) is 0 Å². The van der Waals surface area contributed by atoms with Gasteiger partial charge in [-0.1, -0.05) is 19.3 Å². The van der Waals surface area contributed by atoms with E-state index in [9.17, 15) is 4.79 Å². The minimum atomic E-state index is 0.0460. The van der Waals surface area contributed by atoms with E-state index in [1.165, 1.54) is 37.8 Å². The number of thiazole rings is 1. The van der Waals surface area contributed by atoms with E-state index in [1.807, 2.05) is 0 Å². The molecule has 5 heteroatoms. The van der Waals surface area contributed by atoms with Gasteiger partial charge in [0.05, 0.1) is 12.2 Å². The maximum absolute atomic E-state index is 12.2. The lowest BCUT2D eigenvalue weighted by Crippen LogP contribution is -2.38. The number of aromatic nitrogens is 1. The second-order valence-electron chi connectivity index (χ2n) is 6.66. The van der Waals surface area contributed by atoms with Crippen LogP contribution >= 0.6 is 11.3 Å². The van der Waals surface area contributed by atoms with Gasteiger partial charge in [0.15, 0.2) is 0 Å². The molecule has 1 aromatic heterocycles. The maximum Gasteiger partial charge on any atom is 0.220 e. The standard InChI is InChI=1S/C16H25N3OS/c17-11-16(6-2-1-3-7-16)8-14(20)18-9-15-19-13(10-21-15)12-4-5-12/h10,12H,1-9,11,17H2,(H,18,20). The highest BCUT2D eigenvalue weighted by Gasteiger charge is 2.33. The molecular weight excluding hydrogens is 282 g/mol. The van der Waals surface area contributed by atoms with Crippen molar-refractivity contribution in [3.05, 3.63) is 16.1 Å². The van der Waals surface area contributed by atoms with Gasteiger partial charge in [0.25, 0.3) is 0 Å². The average molecular weight is 307 g/mol. The summed E-state index contributed by atoms with van der Waals surface area (Å²) in [7, 11) is 0. The number of carbonyl (C=O) groups is 1. The van der Waals surface area contributed by atoms with Crippen molar-refractivity contribution in [2.24, 2.45) is 11.1 Å². The van der Waals surface area contributed by atoms with Crippen LogP contribution in [0.4, 0.5) is 0 Å². The van der Waals surface area contributed by atoms with E-state index in [0.717, 1.165) is 17.8 Å². The third-order valence-electron chi connectivity index (χ3n) is 4.88. The number of nitrogens with one attached hydrogen (secondary N) is 1. The van der Waals surface area contributed by atoms with Crippen molar-refractivity contribution in [2.75, 3.05) is 6.54 Å². The summed E-state index contributed by atoms with van der Waals surface area (Å²) in [5, 5.41) is 6.20. The molecule has 0 aromatic carbocycles. The fourth-order valence-electron chi connectivity index (χ4n) is 3.31. The Kier molecular flexibility index (Phi) is 4.60. The topological polar surface area (TPSA) is 68.0 Å². The number of carbonyl (C=O) groups excluding carboxylic acids is 1. The van der Waals surface area contributed by atoms with E-state index >= 15 is 0 Å². The summed E-state index contributed by atoms with van der Waals surface area (Å²) in [5.41, 5.74) is 7.21. The number of amides is 1. The Morgan fingerprint density at radius 2 is 2.14 bits per heavy atom. The van der Waals surface area contributed by atoms with E-state index in [-0.39, 0.29) is 11.3 Å². The van der Waals surface area contributed by atoms with Crippen molar-refractivity contribution in [3.63, 3.8) is 0 Å². The molecule has 1 amide bonds. The van der Waals surface area contributed by atoms with Gasteiger partial charge in [-0.25, -0.2) is 4.98 Å². The quantitative estimate of drug-likeness (QED) is 0.849. The van der Waals surface area contributed by atoms with Gasteiger partial charge in [-0.3, -0.25) is 4.79 Å². The molecule has 2 aliphatic rings. The SMILES string of the molecule is NCC1(CC(=O)NCc2nc(C3CC3)cs2)CCCCC1. The highest BCUT2D eigenvalue weighted by atomic mass is 32.1. The van der Waals surface area contributed by atoms with Crippen LogP contribution in [0.1, 0.15) is 68.0 Å². The van der Waals surface area contributed by atoms with Crippen LogP contribution in [0.15, 0.2) is 5.38 Å². The Bertz CT molecular complexity index is 489. The van der Waals surface area contributed by atoms with Crippen molar-refractivity contribution in [3.8, 4) is 0 Å². The molecule has 3 N–H and O–H groups in total. The lowest BCUT2D eigenvalue weighted by Gasteiger charge is -2.35. The summed E-state index contributed by atoms with van der Waals surface area (Å²) in [6.07, 6.45) is 9.02. The van der Waals surface area contributed by atoms with Crippen LogP contribution < -0.4 is 11.1 Å². The first-order valence-corrected chi connectivity index (χ1v) is 9.00. The molecule has 0 saturated heterocycles. The van der Waals surface area contributed by atoms with Crippen molar-refractivity contribution >= 4 is 17.2 Å². The number of nitrogens with two attached hydrogens (primary N) is 1. The molecule has 0 atom stereocenters. The molecule has 116 valence electrons. The normalized spacial score (nSPS) is 21.2. The zero-order valence-electron chi connectivity index (χ0n) is 12.6. The predicted octanol–water partition coefficient (Wildman–Crippen LogP) is 2.94. The zero-order chi connectivity index (χ0) is 14.7. The van der Waals surface area contributed by atoms with E-state index in [2.05, 4.69) is 15.7 Å².